The Morgan fingerprint density at radius 3 is 2.56 bits per heavy atom. The van der Waals surface area contributed by atoms with Gasteiger partial charge in [0, 0.05) is 25.2 Å². The number of pyridine rings is 1. The third kappa shape index (κ3) is 5.16. The molecule has 0 aliphatic carbocycles. The van der Waals surface area contributed by atoms with Crippen molar-refractivity contribution in [2.24, 2.45) is 0 Å². The summed E-state index contributed by atoms with van der Waals surface area (Å²) in [6, 6.07) is 16.4. The normalized spacial score (nSPS) is 10.8. The van der Waals surface area contributed by atoms with Crippen molar-refractivity contribution in [3.8, 4) is 17.0 Å². The summed E-state index contributed by atoms with van der Waals surface area (Å²) < 4.78 is 6.85. The van der Waals surface area contributed by atoms with Crippen molar-refractivity contribution in [3.05, 3.63) is 93.3 Å². The lowest BCUT2D eigenvalue weighted by Crippen LogP contribution is -2.28. The van der Waals surface area contributed by atoms with E-state index in [0.29, 0.717) is 63.7 Å². The summed E-state index contributed by atoms with van der Waals surface area (Å²) in [6.07, 6.45) is 1.59. The molecule has 0 aliphatic heterocycles. The zero-order valence-electron chi connectivity index (χ0n) is 18.5. The van der Waals surface area contributed by atoms with E-state index in [2.05, 4.69) is 27.2 Å². The highest BCUT2D eigenvalue weighted by molar-refractivity contribution is 6.42. The van der Waals surface area contributed by atoms with Gasteiger partial charge in [-0.15, -0.1) is 0 Å². The predicted molar refractivity (Wildman–Crippen MR) is 138 cm³/mol. The molecule has 4 rings (SSSR count). The maximum absolute atomic E-state index is 13.4. The monoisotopic (exact) mass is 495 g/mol. The van der Waals surface area contributed by atoms with Crippen LogP contribution in [0.3, 0.4) is 0 Å². The lowest BCUT2D eigenvalue weighted by atomic mass is 10.1. The van der Waals surface area contributed by atoms with Gasteiger partial charge in [-0.1, -0.05) is 35.8 Å². The topological polar surface area (TPSA) is 81.1 Å². The van der Waals surface area contributed by atoms with E-state index in [1.165, 1.54) is 0 Å². The summed E-state index contributed by atoms with van der Waals surface area (Å²) in [6.45, 7) is 5.09. The Hall–Kier alpha value is -3.55. The number of fused-ring (bicyclic) bond motifs is 1. The second-order valence-electron chi connectivity index (χ2n) is 7.45. The van der Waals surface area contributed by atoms with Gasteiger partial charge in [-0.3, -0.25) is 9.36 Å². The second kappa shape index (κ2) is 10.6. The number of hydrogen-bond donors (Lipinski definition) is 2. The van der Waals surface area contributed by atoms with Crippen LogP contribution in [-0.4, -0.2) is 28.2 Å². The predicted octanol–water partition coefficient (Wildman–Crippen LogP) is 5.12. The molecule has 0 radical (unpaired) electrons. The molecule has 0 saturated carbocycles. The fraction of sp³-hybridized carbons (Fsp3) is 0.160. The fourth-order valence-corrected chi connectivity index (χ4v) is 3.80. The van der Waals surface area contributed by atoms with Crippen LogP contribution in [0, 0.1) is 0 Å². The van der Waals surface area contributed by atoms with Crippen molar-refractivity contribution < 1.29 is 4.74 Å². The van der Waals surface area contributed by atoms with Crippen LogP contribution >= 0.6 is 23.2 Å². The highest BCUT2D eigenvalue weighted by Gasteiger charge is 2.15. The summed E-state index contributed by atoms with van der Waals surface area (Å²) in [5.74, 6) is 1.32. The van der Waals surface area contributed by atoms with Gasteiger partial charge in [0.2, 0.25) is 0 Å². The maximum atomic E-state index is 13.4. The third-order valence-corrected chi connectivity index (χ3v) is 5.97. The molecular formula is C25H23Cl2N5O2. The number of benzene rings is 2. The summed E-state index contributed by atoms with van der Waals surface area (Å²) in [4.78, 5) is 22.7. The average Bonchev–Trinajstić information content (AvgIpc) is 2.86. The summed E-state index contributed by atoms with van der Waals surface area (Å²) in [5.41, 5.74) is 2.90. The number of anilines is 1. The second-order valence-corrected chi connectivity index (χ2v) is 8.26. The number of ether oxygens (including phenoxy) is 1. The molecule has 174 valence electrons. The van der Waals surface area contributed by atoms with Gasteiger partial charge in [0.05, 0.1) is 17.2 Å². The SMILES string of the molecule is C=CNCCn1c(=O)c(-c2ccc(OC)cc2)nc2ccc(NCc3ccc(Cl)c(Cl)c3)nc21. The zero-order valence-corrected chi connectivity index (χ0v) is 20.0. The molecule has 9 heteroatoms. The Labute approximate surface area is 207 Å². The minimum absolute atomic E-state index is 0.224. The molecular weight excluding hydrogens is 473 g/mol. The van der Waals surface area contributed by atoms with Gasteiger partial charge < -0.3 is 15.4 Å². The highest BCUT2D eigenvalue weighted by Crippen LogP contribution is 2.24. The number of nitrogens with one attached hydrogen (secondary N) is 2. The first kappa shape index (κ1) is 23.6. The van der Waals surface area contributed by atoms with Gasteiger partial charge in [-0.2, -0.15) is 0 Å². The van der Waals surface area contributed by atoms with E-state index in [1.807, 2.05) is 30.3 Å². The minimum atomic E-state index is -0.224. The maximum Gasteiger partial charge on any atom is 0.278 e. The standard InChI is InChI=1S/C25H23Cl2N5O2/c1-3-28-12-13-32-24-21(30-23(25(32)33)17-5-7-18(34-2)8-6-17)10-11-22(31-24)29-15-16-4-9-19(26)20(27)14-16/h3-11,14,28H,1,12-13,15H2,2H3,(H,29,31). The van der Waals surface area contributed by atoms with Crippen molar-refractivity contribution in [1.82, 2.24) is 19.9 Å². The number of methoxy groups -OCH3 is 1. The zero-order chi connectivity index (χ0) is 24.1. The molecule has 34 heavy (non-hydrogen) atoms. The molecule has 2 N–H and O–H groups in total. The molecule has 0 saturated heterocycles. The van der Waals surface area contributed by atoms with E-state index in [9.17, 15) is 4.79 Å². The number of halogens is 2. The van der Waals surface area contributed by atoms with Crippen LogP contribution in [0.25, 0.3) is 22.4 Å². The highest BCUT2D eigenvalue weighted by atomic mass is 35.5. The Kier molecular flexibility index (Phi) is 7.35. The number of nitrogens with zero attached hydrogens (tertiary/aromatic N) is 3. The van der Waals surface area contributed by atoms with Crippen molar-refractivity contribution in [2.45, 2.75) is 13.1 Å². The van der Waals surface area contributed by atoms with Crippen LogP contribution < -0.4 is 20.9 Å². The molecule has 2 heterocycles. The van der Waals surface area contributed by atoms with Crippen LogP contribution in [0.2, 0.25) is 10.0 Å². The van der Waals surface area contributed by atoms with Gasteiger partial charge in [-0.25, -0.2) is 9.97 Å². The first-order valence-corrected chi connectivity index (χ1v) is 11.3. The first-order valence-electron chi connectivity index (χ1n) is 10.6. The quantitative estimate of drug-likeness (QED) is 0.313. The largest absolute Gasteiger partial charge is 0.497 e. The number of rotatable bonds is 9. The van der Waals surface area contributed by atoms with Crippen molar-refractivity contribution in [3.63, 3.8) is 0 Å². The van der Waals surface area contributed by atoms with Gasteiger partial charge in [0.15, 0.2) is 5.65 Å². The molecule has 0 atom stereocenters. The number of hydrogen-bond acceptors (Lipinski definition) is 6. The summed E-state index contributed by atoms with van der Waals surface area (Å²) in [7, 11) is 1.60. The molecule has 0 bridgehead atoms. The van der Waals surface area contributed by atoms with Crippen LogP contribution in [0.1, 0.15) is 5.56 Å². The Morgan fingerprint density at radius 2 is 1.85 bits per heavy atom. The Balaban J connectivity index is 1.71. The molecule has 2 aromatic heterocycles. The summed E-state index contributed by atoms with van der Waals surface area (Å²) >= 11 is 12.1. The third-order valence-electron chi connectivity index (χ3n) is 5.24. The van der Waals surface area contributed by atoms with Gasteiger partial charge in [0.1, 0.15) is 22.8 Å². The van der Waals surface area contributed by atoms with Crippen molar-refractivity contribution in [1.29, 1.82) is 0 Å². The molecule has 0 fully saturated rings. The van der Waals surface area contributed by atoms with E-state index in [4.69, 9.17) is 27.9 Å². The van der Waals surface area contributed by atoms with Gasteiger partial charge in [0.25, 0.3) is 5.56 Å². The first-order chi connectivity index (χ1) is 16.5. The molecule has 7 nitrogen and oxygen atoms in total. The van der Waals surface area contributed by atoms with E-state index in [-0.39, 0.29) is 5.56 Å². The molecule has 0 amide bonds. The van der Waals surface area contributed by atoms with Crippen LogP contribution in [0.4, 0.5) is 5.82 Å². The van der Waals surface area contributed by atoms with Gasteiger partial charge >= 0.3 is 0 Å². The van der Waals surface area contributed by atoms with Crippen LogP contribution in [-0.2, 0) is 13.1 Å². The molecule has 0 aliphatic rings. The van der Waals surface area contributed by atoms with E-state index < -0.39 is 0 Å². The van der Waals surface area contributed by atoms with E-state index >= 15 is 0 Å². The van der Waals surface area contributed by atoms with Crippen molar-refractivity contribution >= 4 is 40.2 Å². The Bertz CT molecular complexity index is 1390. The van der Waals surface area contributed by atoms with Crippen LogP contribution in [0.5, 0.6) is 5.75 Å². The lowest BCUT2D eigenvalue weighted by Gasteiger charge is -2.14. The average molecular weight is 496 g/mol. The van der Waals surface area contributed by atoms with Gasteiger partial charge in [-0.05, 0) is 60.3 Å². The molecule has 0 unspecified atom stereocenters. The van der Waals surface area contributed by atoms with Crippen molar-refractivity contribution in [2.75, 3.05) is 19.0 Å². The fourth-order valence-electron chi connectivity index (χ4n) is 3.48. The minimum Gasteiger partial charge on any atom is -0.497 e. The smallest absolute Gasteiger partial charge is 0.278 e. The molecule has 2 aromatic carbocycles. The van der Waals surface area contributed by atoms with E-state index in [1.54, 1.807) is 42.1 Å². The number of aromatic nitrogens is 3. The molecule has 0 spiro atoms. The Morgan fingerprint density at radius 1 is 1.06 bits per heavy atom. The van der Waals surface area contributed by atoms with Crippen LogP contribution in [0.15, 0.2) is 72.2 Å². The summed E-state index contributed by atoms with van der Waals surface area (Å²) in [5, 5.41) is 7.30. The van der Waals surface area contributed by atoms with E-state index in [0.717, 1.165) is 5.56 Å². The lowest BCUT2D eigenvalue weighted by molar-refractivity contribution is 0.415. The molecule has 4 aromatic rings.